The van der Waals surface area contributed by atoms with Gasteiger partial charge in [-0.25, -0.2) is 8.42 Å². The van der Waals surface area contributed by atoms with Crippen LogP contribution in [0.3, 0.4) is 0 Å². The molecule has 3 saturated heterocycles. The Morgan fingerprint density at radius 2 is 1.73 bits per heavy atom. The van der Waals surface area contributed by atoms with Crippen molar-refractivity contribution in [1.29, 1.82) is 0 Å². The van der Waals surface area contributed by atoms with Crippen molar-refractivity contribution in [3.05, 3.63) is 29.8 Å². The van der Waals surface area contributed by atoms with Crippen molar-refractivity contribution in [1.82, 2.24) is 14.5 Å². The Hall–Kier alpha value is -1.52. The second-order valence-electron chi connectivity index (χ2n) is 9.25. The average molecular weight is 480 g/mol. The van der Waals surface area contributed by atoms with E-state index in [-0.39, 0.29) is 11.9 Å². The highest BCUT2D eigenvalue weighted by atomic mass is 32.2. The normalized spacial score (nSPS) is 23.9. The summed E-state index contributed by atoms with van der Waals surface area (Å²) in [7, 11) is -3.42. The van der Waals surface area contributed by atoms with E-state index in [1.165, 1.54) is 0 Å². The molecule has 0 saturated carbocycles. The van der Waals surface area contributed by atoms with E-state index < -0.39 is 10.0 Å². The van der Waals surface area contributed by atoms with Gasteiger partial charge in [0.2, 0.25) is 15.9 Å². The molecule has 4 rings (SSSR count). The maximum atomic E-state index is 12.8. The average Bonchev–Trinajstić information content (AvgIpc) is 3.39. The van der Waals surface area contributed by atoms with Crippen LogP contribution >= 0.6 is 0 Å². The molecule has 2 unspecified atom stereocenters. The third-order valence-corrected chi connectivity index (χ3v) is 8.96. The summed E-state index contributed by atoms with van der Waals surface area (Å²) in [6, 6.07) is 7.28. The molecular weight excluding hydrogens is 442 g/mol. The number of carbonyl (C=O) groups is 1. The van der Waals surface area contributed by atoms with Crippen LogP contribution in [0.1, 0.15) is 37.7 Å². The van der Waals surface area contributed by atoms with Gasteiger partial charge < -0.3 is 14.8 Å². The molecule has 3 aliphatic heterocycles. The topological polar surface area (TPSA) is 88.2 Å². The molecule has 0 spiro atoms. The van der Waals surface area contributed by atoms with E-state index in [9.17, 15) is 13.2 Å². The highest BCUT2D eigenvalue weighted by molar-refractivity contribution is 7.89. The van der Waals surface area contributed by atoms with Crippen molar-refractivity contribution < 1.29 is 22.7 Å². The highest BCUT2D eigenvalue weighted by Gasteiger charge is 2.31. The maximum Gasteiger partial charge on any atom is 0.243 e. The summed E-state index contributed by atoms with van der Waals surface area (Å²) in [5.41, 5.74) is 0.969. The molecule has 184 valence electrons. The van der Waals surface area contributed by atoms with Gasteiger partial charge in [0.05, 0.1) is 24.7 Å². The minimum Gasteiger partial charge on any atom is -0.381 e. The van der Waals surface area contributed by atoms with Crippen molar-refractivity contribution in [2.24, 2.45) is 5.92 Å². The molecule has 1 aromatic rings. The largest absolute Gasteiger partial charge is 0.381 e. The van der Waals surface area contributed by atoms with Gasteiger partial charge in [-0.1, -0.05) is 18.6 Å². The Labute approximate surface area is 197 Å². The lowest BCUT2D eigenvalue weighted by Gasteiger charge is -2.37. The summed E-state index contributed by atoms with van der Waals surface area (Å²) in [4.78, 5) is 15.3. The first-order valence-electron chi connectivity index (χ1n) is 12.3. The van der Waals surface area contributed by atoms with Gasteiger partial charge in [0.1, 0.15) is 0 Å². The van der Waals surface area contributed by atoms with Crippen LogP contribution in [0.15, 0.2) is 29.2 Å². The lowest BCUT2D eigenvalue weighted by molar-refractivity contribution is -0.121. The molecule has 2 atom stereocenters. The van der Waals surface area contributed by atoms with Gasteiger partial charge in [-0.2, -0.15) is 4.31 Å². The van der Waals surface area contributed by atoms with Crippen LogP contribution in [0.25, 0.3) is 0 Å². The number of piperidine rings is 1. The molecule has 8 nitrogen and oxygen atoms in total. The summed E-state index contributed by atoms with van der Waals surface area (Å²) in [6.07, 6.45) is 4.94. The van der Waals surface area contributed by atoms with E-state index in [0.717, 1.165) is 70.8 Å². The van der Waals surface area contributed by atoms with Crippen LogP contribution in [0.2, 0.25) is 0 Å². The van der Waals surface area contributed by atoms with Gasteiger partial charge in [-0.15, -0.1) is 0 Å². The Balaban J connectivity index is 1.26. The number of hydrogen-bond donors (Lipinski definition) is 1. The van der Waals surface area contributed by atoms with Crippen molar-refractivity contribution >= 4 is 15.9 Å². The zero-order valence-electron chi connectivity index (χ0n) is 19.4. The number of ether oxygens (including phenoxy) is 2. The fourth-order valence-corrected chi connectivity index (χ4v) is 6.52. The summed E-state index contributed by atoms with van der Waals surface area (Å²) in [5.74, 6) is 0.468. The molecular formula is C24H37N3O5S. The molecule has 0 bridgehead atoms. The third kappa shape index (κ3) is 6.54. The first-order chi connectivity index (χ1) is 16.0. The number of nitrogens with one attached hydrogen (secondary N) is 1. The van der Waals surface area contributed by atoms with Crippen molar-refractivity contribution in [2.45, 2.75) is 49.5 Å². The SMILES string of the molecule is O=C(CCc1ccc(S(=O)(=O)N2CCCCC2)cc1)NCC(C1CCOC1)N1CCOCC1. The molecule has 0 aromatic heterocycles. The fourth-order valence-electron chi connectivity index (χ4n) is 5.01. The quantitative estimate of drug-likeness (QED) is 0.580. The minimum absolute atomic E-state index is 0.0252. The predicted molar refractivity (Wildman–Crippen MR) is 125 cm³/mol. The molecule has 33 heavy (non-hydrogen) atoms. The Morgan fingerprint density at radius 1 is 1.00 bits per heavy atom. The van der Waals surface area contributed by atoms with E-state index in [1.54, 1.807) is 16.4 Å². The number of amides is 1. The van der Waals surface area contributed by atoms with E-state index in [1.807, 2.05) is 12.1 Å². The number of benzene rings is 1. The summed E-state index contributed by atoms with van der Waals surface area (Å²) in [6.45, 7) is 6.63. The molecule has 0 radical (unpaired) electrons. The Kier molecular flexibility index (Phi) is 8.76. The first kappa shape index (κ1) is 24.6. The molecule has 9 heteroatoms. The van der Waals surface area contributed by atoms with Crippen LogP contribution < -0.4 is 5.32 Å². The summed E-state index contributed by atoms with van der Waals surface area (Å²) >= 11 is 0. The van der Waals surface area contributed by atoms with Gasteiger partial charge in [0, 0.05) is 57.7 Å². The number of hydrogen-bond acceptors (Lipinski definition) is 6. The van der Waals surface area contributed by atoms with Crippen LogP contribution in [-0.2, 0) is 30.7 Å². The minimum atomic E-state index is -3.42. The monoisotopic (exact) mass is 479 g/mol. The van der Waals surface area contributed by atoms with Crippen molar-refractivity contribution in [3.63, 3.8) is 0 Å². The lowest BCUT2D eigenvalue weighted by Crippen LogP contribution is -2.52. The van der Waals surface area contributed by atoms with Gasteiger partial charge in [-0.05, 0) is 43.4 Å². The Bertz CT molecular complexity index is 859. The number of aryl methyl sites for hydroxylation is 1. The third-order valence-electron chi connectivity index (χ3n) is 7.05. The molecule has 0 aliphatic carbocycles. The number of morpholine rings is 1. The van der Waals surface area contributed by atoms with Crippen molar-refractivity contribution in [3.8, 4) is 0 Å². The molecule has 1 aromatic carbocycles. The smallest absolute Gasteiger partial charge is 0.243 e. The number of carbonyl (C=O) groups excluding carboxylic acids is 1. The van der Waals surface area contributed by atoms with Gasteiger partial charge in [-0.3, -0.25) is 9.69 Å². The van der Waals surface area contributed by atoms with Crippen LogP contribution in [0, 0.1) is 5.92 Å². The summed E-state index contributed by atoms with van der Waals surface area (Å²) < 4.78 is 38.3. The van der Waals surface area contributed by atoms with E-state index in [2.05, 4.69) is 10.2 Å². The molecule has 3 fully saturated rings. The maximum absolute atomic E-state index is 12.8. The van der Waals surface area contributed by atoms with E-state index in [4.69, 9.17) is 9.47 Å². The highest BCUT2D eigenvalue weighted by Crippen LogP contribution is 2.23. The second kappa shape index (κ2) is 11.8. The van der Waals surface area contributed by atoms with E-state index in [0.29, 0.717) is 43.3 Å². The molecule has 3 aliphatic rings. The zero-order chi connectivity index (χ0) is 23.1. The Morgan fingerprint density at radius 3 is 2.39 bits per heavy atom. The summed E-state index contributed by atoms with van der Waals surface area (Å²) in [5, 5.41) is 3.13. The van der Waals surface area contributed by atoms with Crippen molar-refractivity contribution in [2.75, 3.05) is 59.2 Å². The van der Waals surface area contributed by atoms with Gasteiger partial charge in [0.15, 0.2) is 0 Å². The first-order valence-corrected chi connectivity index (χ1v) is 13.7. The number of sulfonamides is 1. The van der Waals surface area contributed by atoms with Gasteiger partial charge in [0.25, 0.3) is 0 Å². The predicted octanol–water partition coefficient (Wildman–Crippen LogP) is 1.65. The standard InChI is InChI=1S/C24H37N3O5S/c28-24(25-18-23(21-10-15-32-19-21)26-13-16-31-17-14-26)9-6-20-4-7-22(8-5-20)33(29,30)27-11-2-1-3-12-27/h4-5,7-8,21,23H,1-3,6,9-19H2,(H,25,28). The molecule has 1 N–H and O–H groups in total. The lowest BCUT2D eigenvalue weighted by atomic mass is 9.96. The van der Waals surface area contributed by atoms with Crippen LogP contribution in [0.5, 0.6) is 0 Å². The second-order valence-corrected chi connectivity index (χ2v) is 11.2. The van der Waals surface area contributed by atoms with Crippen LogP contribution in [0.4, 0.5) is 0 Å². The number of nitrogens with zero attached hydrogens (tertiary/aromatic N) is 2. The van der Waals surface area contributed by atoms with Crippen LogP contribution in [-0.4, -0.2) is 88.7 Å². The van der Waals surface area contributed by atoms with Gasteiger partial charge >= 0.3 is 0 Å². The van der Waals surface area contributed by atoms with E-state index >= 15 is 0 Å². The number of rotatable bonds is 9. The molecule has 3 heterocycles. The fraction of sp³-hybridized carbons (Fsp3) is 0.708. The zero-order valence-corrected chi connectivity index (χ0v) is 20.2. The molecule has 1 amide bonds.